The minimum Gasteiger partial charge on any atom is -0.392 e. The van der Waals surface area contributed by atoms with Crippen molar-refractivity contribution in [3.63, 3.8) is 0 Å². The van der Waals surface area contributed by atoms with E-state index < -0.39 is 0 Å². The van der Waals surface area contributed by atoms with Crippen molar-refractivity contribution in [3.05, 3.63) is 270 Å². The van der Waals surface area contributed by atoms with Crippen LogP contribution in [0.25, 0.3) is 33.4 Å². The van der Waals surface area contributed by atoms with Crippen molar-refractivity contribution in [2.24, 2.45) is 0 Å². The van der Waals surface area contributed by atoms with Crippen molar-refractivity contribution < 1.29 is 15.3 Å². The lowest BCUT2D eigenvalue weighted by Crippen LogP contribution is -2.16. The minimum atomic E-state index is 0.00605. The van der Waals surface area contributed by atoms with E-state index in [1.165, 1.54) is 16.7 Å². The number of aliphatic hydroxyl groups is 3. The summed E-state index contributed by atoms with van der Waals surface area (Å²) in [4.78, 5) is 7.01. The van der Waals surface area contributed by atoms with Crippen LogP contribution in [-0.4, -0.2) is 15.3 Å². The summed E-state index contributed by atoms with van der Waals surface area (Å²) in [6.45, 7) is 6.37. The third-order valence-electron chi connectivity index (χ3n) is 13.3. The molecule has 0 bridgehead atoms. The summed E-state index contributed by atoms with van der Waals surface area (Å²) in [6.07, 6.45) is 0. The fraction of sp³-hybridized carbons (Fsp3) is 0.0909. The van der Waals surface area contributed by atoms with Gasteiger partial charge in [-0.05, 0) is 162 Å². The quantitative estimate of drug-likeness (QED) is 0.0951. The second kappa shape index (κ2) is 21.2. The van der Waals surface area contributed by atoms with Crippen LogP contribution < -0.4 is 14.7 Å². The highest BCUT2D eigenvalue weighted by Crippen LogP contribution is 2.47. The molecule has 354 valence electrons. The van der Waals surface area contributed by atoms with Gasteiger partial charge in [0.25, 0.3) is 0 Å². The number of hydrogen-bond donors (Lipinski definition) is 3. The maximum Gasteiger partial charge on any atom is 0.0681 e. The number of rotatable bonds is 15. The fourth-order valence-electron chi connectivity index (χ4n) is 9.21. The number of benzene rings is 10. The number of hydrogen-bond acceptors (Lipinski definition) is 6. The molecular weight excluding hydrogens is 883 g/mol. The zero-order chi connectivity index (χ0) is 49.6. The van der Waals surface area contributed by atoms with Crippen LogP contribution >= 0.6 is 0 Å². The van der Waals surface area contributed by atoms with Crippen LogP contribution in [0.3, 0.4) is 0 Å². The van der Waals surface area contributed by atoms with E-state index in [1.807, 2.05) is 36.4 Å². The Morgan fingerprint density at radius 3 is 0.569 bits per heavy atom. The lowest BCUT2D eigenvalue weighted by Gasteiger charge is -2.33. The lowest BCUT2D eigenvalue weighted by molar-refractivity contribution is 0.281. The van der Waals surface area contributed by atoms with Gasteiger partial charge in [-0.15, -0.1) is 0 Å². The molecule has 6 heteroatoms. The number of anilines is 9. The molecule has 0 unspecified atom stereocenters. The molecule has 0 aromatic heterocycles. The zero-order valence-electron chi connectivity index (χ0n) is 40.8. The van der Waals surface area contributed by atoms with Gasteiger partial charge in [0.05, 0.1) is 36.9 Å². The molecule has 0 saturated carbocycles. The Bertz CT molecular complexity index is 2990. The van der Waals surface area contributed by atoms with Gasteiger partial charge in [0.1, 0.15) is 0 Å². The molecular formula is C66H57N3O3. The van der Waals surface area contributed by atoms with Crippen molar-refractivity contribution in [2.75, 3.05) is 14.7 Å². The van der Waals surface area contributed by atoms with Gasteiger partial charge in [-0.3, -0.25) is 0 Å². The zero-order valence-corrected chi connectivity index (χ0v) is 40.8. The minimum absolute atomic E-state index is 0.00605. The van der Waals surface area contributed by atoms with Crippen LogP contribution in [0.2, 0.25) is 0 Å². The van der Waals surface area contributed by atoms with Crippen molar-refractivity contribution in [3.8, 4) is 33.4 Å². The number of aryl methyl sites for hydroxylation is 3. The second-order valence-corrected chi connectivity index (χ2v) is 18.4. The lowest BCUT2D eigenvalue weighted by atomic mass is 10.0. The summed E-state index contributed by atoms with van der Waals surface area (Å²) in [5.74, 6) is 0. The summed E-state index contributed by atoms with van der Waals surface area (Å²) < 4.78 is 0. The van der Waals surface area contributed by atoms with E-state index in [0.29, 0.717) is 0 Å². The highest BCUT2D eigenvalue weighted by molar-refractivity contribution is 5.90. The molecule has 0 atom stereocenters. The molecule has 3 N–H and O–H groups in total. The van der Waals surface area contributed by atoms with Gasteiger partial charge >= 0.3 is 0 Å². The van der Waals surface area contributed by atoms with E-state index in [-0.39, 0.29) is 19.8 Å². The second-order valence-electron chi connectivity index (χ2n) is 18.4. The van der Waals surface area contributed by atoms with Gasteiger partial charge in [0.15, 0.2) is 0 Å². The first-order valence-electron chi connectivity index (χ1n) is 24.4. The number of aliphatic hydroxyl groups excluding tert-OH is 3. The van der Waals surface area contributed by atoms with Crippen molar-refractivity contribution >= 4 is 51.2 Å². The summed E-state index contributed by atoms with van der Waals surface area (Å²) in [5, 5.41) is 29.2. The maximum atomic E-state index is 9.73. The Morgan fingerprint density at radius 1 is 0.222 bits per heavy atom. The van der Waals surface area contributed by atoms with Gasteiger partial charge in [-0.25, -0.2) is 0 Å². The Hall–Kier alpha value is -8.52. The van der Waals surface area contributed by atoms with Gasteiger partial charge in [0, 0.05) is 34.1 Å². The Kier molecular flexibility index (Phi) is 13.9. The molecule has 0 saturated heterocycles. The maximum absolute atomic E-state index is 9.73. The molecule has 0 radical (unpaired) electrons. The predicted molar refractivity (Wildman–Crippen MR) is 299 cm³/mol. The first-order valence-corrected chi connectivity index (χ1v) is 24.4. The SMILES string of the molecule is Cc1ccc(N(c2ccc(-c3ccc(CO)cc3)cc2)c2cc(N(c3ccc(C)cc3)c3ccc(-c4ccc(CO)cc4)cc3)cc(N(c3ccc(C)cc3)c3ccc(-c4ccc(CO)cc4)cc3)c2)cc1. The summed E-state index contributed by atoms with van der Waals surface area (Å²) in [5.41, 5.74) is 21.5. The highest BCUT2D eigenvalue weighted by Gasteiger charge is 2.23. The van der Waals surface area contributed by atoms with Crippen LogP contribution in [0.5, 0.6) is 0 Å². The summed E-state index contributed by atoms with van der Waals surface area (Å²) in [7, 11) is 0. The molecule has 6 nitrogen and oxygen atoms in total. The van der Waals surface area contributed by atoms with Crippen LogP contribution in [-0.2, 0) is 19.8 Å². The summed E-state index contributed by atoms with van der Waals surface area (Å²) in [6, 6.07) is 83.4. The molecule has 10 rings (SSSR count). The van der Waals surface area contributed by atoms with Gasteiger partial charge < -0.3 is 30.0 Å². The Balaban J connectivity index is 1.19. The molecule has 0 aliphatic heterocycles. The topological polar surface area (TPSA) is 70.4 Å². The van der Waals surface area contributed by atoms with Crippen LogP contribution in [0.15, 0.2) is 237 Å². The van der Waals surface area contributed by atoms with E-state index >= 15 is 0 Å². The van der Waals surface area contributed by atoms with E-state index in [2.05, 4.69) is 236 Å². The normalized spacial score (nSPS) is 11.1. The third-order valence-corrected chi connectivity index (χ3v) is 13.3. The highest BCUT2D eigenvalue weighted by atomic mass is 16.3. The standard InChI is InChI=1S/C66H57N3O3/c1-46-4-28-58(29-5-46)67(61-34-22-55(23-35-61)52-16-10-49(43-70)11-17-52)64-40-65(68(59-30-6-47(2)7-31-59)62-36-24-56(25-37-62)53-18-12-50(44-71)13-19-53)42-66(41-64)69(60-32-8-48(3)9-33-60)63-38-26-57(27-39-63)54-20-14-51(45-72)15-21-54/h4-42,70-72H,43-45H2,1-3H3. The molecule has 72 heavy (non-hydrogen) atoms. The molecule has 0 aliphatic rings. The van der Waals surface area contributed by atoms with E-state index in [4.69, 9.17) is 0 Å². The van der Waals surface area contributed by atoms with Crippen LogP contribution in [0.1, 0.15) is 33.4 Å². The molecule has 0 aliphatic carbocycles. The van der Waals surface area contributed by atoms with Gasteiger partial charge in [-0.2, -0.15) is 0 Å². The first-order chi connectivity index (χ1) is 35.2. The largest absolute Gasteiger partial charge is 0.392 e. The number of nitrogens with zero attached hydrogens (tertiary/aromatic N) is 3. The van der Waals surface area contributed by atoms with E-state index in [0.717, 1.165) is 101 Å². The summed E-state index contributed by atoms with van der Waals surface area (Å²) >= 11 is 0. The van der Waals surface area contributed by atoms with Crippen LogP contribution in [0, 0.1) is 20.8 Å². The third kappa shape index (κ3) is 10.3. The molecule has 10 aromatic rings. The molecule has 0 heterocycles. The fourth-order valence-corrected chi connectivity index (χ4v) is 9.21. The monoisotopic (exact) mass is 939 g/mol. The molecule has 0 amide bonds. The Morgan fingerprint density at radius 2 is 0.389 bits per heavy atom. The molecule has 0 spiro atoms. The average molecular weight is 940 g/mol. The smallest absolute Gasteiger partial charge is 0.0681 e. The average Bonchev–Trinajstić information content (AvgIpc) is 3.43. The first kappa shape index (κ1) is 47.2. The van der Waals surface area contributed by atoms with Gasteiger partial charge in [0.2, 0.25) is 0 Å². The Labute approximate surface area is 423 Å². The molecule has 10 aromatic carbocycles. The van der Waals surface area contributed by atoms with E-state index in [9.17, 15) is 15.3 Å². The van der Waals surface area contributed by atoms with Crippen molar-refractivity contribution in [1.82, 2.24) is 0 Å². The van der Waals surface area contributed by atoms with Crippen molar-refractivity contribution in [1.29, 1.82) is 0 Å². The van der Waals surface area contributed by atoms with Crippen LogP contribution in [0.4, 0.5) is 51.2 Å². The van der Waals surface area contributed by atoms with Gasteiger partial charge in [-0.1, -0.05) is 162 Å². The predicted octanol–water partition coefficient (Wildman–Crippen LogP) is 16.5. The van der Waals surface area contributed by atoms with Crippen molar-refractivity contribution in [2.45, 2.75) is 40.6 Å². The molecule has 0 fully saturated rings. The van der Waals surface area contributed by atoms with E-state index in [1.54, 1.807) is 0 Å².